The van der Waals surface area contributed by atoms with Crippen molar-refractivity contribution in [1.29, 1.82) is 0 Å². The highest BCUT2D eigenvalue weighted by Crippen LogP contribution is 2.25. The van der Waals surface area contributed by atoms with Crippen LogP contribution in [-0.4, -0.2) is 92.6 Å². The fourth-order valence-electron chi connectivity index (χ4n) is 4.69. The SMILES string of the molecule is CCNC(=NCCCN1CCN(C)CC1c1ccccc1)N1CCC(C(=O)OCC)CC1. The molecule has 0 aliphatic carbocycles. The fraction of sp³-hybridized carbons (Fsp3) is 0.680. The number of aliphatic imine (C=N–C) groups is 1. The minimum absolute atomic E-state index is 0.0289. The third-order valence-corrected chi connectivity index (χ3v) is 6.49. The van der Waals surface area contributed by atoms with Gasteiger partial charge in [0.15, 0.2) is 5.96 Å². The van der Waals surface area contributed by atoms with E-state index in [1.807, 2.05) is 6.92 Å². The topological polar surface area (TPSA) is 60.4 Å². The van der Waals surface area contributed by atoms with E-state index in [0.717, 1.165) is 77.6 Å². The van der Waals surface area contributed by atoms with Crippen molar-refractivity contribution in [3.63, 3.8) is 0 Å². The number of hydrogen-bond donors (Lipinski definition) is 1. The number of likely N-dealkylation sites (N-methyl/N-ethyl adjacent to an activating group) is 1. The summed E-state index contributed by atoms with van der Waals surface area (Å²) in [5.74, 6) is 0.961. The molecule has 0 bridgehead atoms. The van der Waals surface area contributed by atoms with Crippen LogP contribution in [-0.2, 0) is 9.53 Å². The molecule has 1 unspecified atom stereocenters. The maximum absolute atomic E-state index is 12.0. The number of esters is 1. The van der Waals surface area contributed by atoms with E-state index in [9.17, 15) is 4.79 Å². The molecular formula is C25H41N5O2. The number of nitrogens with one attached hydrogen (secondary N) is 1. The highest BCUT2D eigenvalue weighted by atomic mass is 16.5. The molecule has 0 radical (unpaired) electrons. The van der Waals surface area contributed by atoms with Gasteiger partial charge in [-0.2, -0.15) is 0 Å². The molecule has 7 nitrogen and oxygen atoms in total. The second-order valence-electron chi connectivity index (χ2n) is 8.83. The summed E-state index contributed by atoms with van der Waals surface area (Å²) in [5, 5.41) is 3.44. The molecule has 1 atom stereocenters. The van der Waals surface area contributed by atoms with Crippen molar-refractivity contribution in [3.05, 3.63) is 35.9 Å². The first-order valence-corrected chi connectivity index (χ1v) is 12.3. The number of likely N-dealkylation sites (tertiary alicyclic amines) is 1. The predicted molar refractivity (Wildman–Crippen MR) is 130 cm³/mol. The van der Waals surface area contributed by atoms with E-state index < -0.39 is 0 Å². The predicted octanol–water partition coefficient (Wildman–Crippen LogP) is 2.61. The third-order valence-electron chi connectivity index (χ3n) is 6.49. The molecule has 2 fully saturated rings. The van der Waals surface area contributed by atoms with Crippen molar-refractivity contribution in [2.75, 3.05) is 66.0 Å². The van der Waals surface area contributed by atoms with E-state index in [2.05, 4.69) is 64.3 Å². The van der Waals surface area contributed by atoms with Gasteiger partial charge in [-0.25, -0.2) is 0 Å². The lowest BCUT2D eigenvalue weighted by molar-refractivity contribution is -0.149. The Morgan fingerprint density at radius 1 is 1.12 bits per heavy atom. The van der Waals surface area contributed by atoms with Crippen LogP contribution in [0.4, 0.5) is 0 Å². The summed E-state index contributed by atoms with van der Waals surface area (Å²) in [6.07, 6.45) is 2.72. The Labute approximate surface area is 193 Å². The second-order valence-corrected chi connectivity index (χ2v) is 8.83. The van der Waals surface area contributed by atoms with Crippen LogP contribution in [0, 0.1) is 5.92 Å². The third kappa shape index (κ3) is 6.94. The van der Waals surface area contributed by atoms with Crippen LogP contribution in [0.1, 0.15) is 44.7 Å². The molecule has 3 rings (SSSR count). The van der Waals surface area contributed by atoms with Crippen LogP contribution >= 0.6 is 0 Å². The van der Waals surface area contributed by atoms with Gasteiger partial charge in [0.1, 0.15) is 0 Å². The van der Waals surface area contributed by atoms with Crippen molar-refractivity contribution >= 4 is 11.9 Å². The van der Waals surface area contributed by atoms with Gasteiger partial charge in [0.25, 0.3) is 0 Å². The lowest BCUT2D eigenvalue weighted by Crippen LogP contribution is -2.47. The average molecular weight is 444 g/mol. The second kappa shape index (κ2) is 12.8. The van der Waals surface area contributed by atoms with Gasteiger partial charge < -0.3 is 19.9 Å². The standard InChI is InChI=1S/C25H41N5O2/c1-4-26-25(30-16-12-22(13-17-30)24(31)32-5-2)27-14-9-15-29-19-18-28(3)20-23(29)21-10-7-6-8-11-21/h6-8,10-11,22-23H,4-5,9,12-20H2,1-3H3,(H,26,27). The van der Waals surface area contributed by atoms with Gasteiger partial charge in [-0.3, -0.25) is 14.7 Å². The zero-order valence-corrected chi connectivity index (χ0v) is 20.1. The summed E-state index contributed by atoms with van der Waals surface area (Å²) in [6, 6.07) is 11.3. The van der Waals surface area contributed by atoms with Crippen molar-refractivity contribution in [2.45, 2.75) is 39.2 Å². The van der Waals surface area contributed by atoms with Gasteiger partial charge in [-0.1, -0.05) is 30.3 Å². The Hall–Kier alpha value is -2.12. The van der Waals surface area contributed by atoms with Crippen LogP contribution in [0.25, 0.3) is 0 Å². The average Bonchev–Trinajstić information content (AvgIpc) is 2.82. The van der Waals surface area contributed by atoms with E-state index >= 15 is 0 Å². The Balaban J connectivity index is 1.51. The normalized spacial score (nSPS) is 21.5. The number of carbonyl (C=O) groups is 1. The number of rotatable bonds is 8. The first kappa shape index (κ1) is 24.5. The highest BCUT2D eigenvalue weighted by Gasteiger charge is 2.28. The summed E-state index contributed by atoms with van der Waals surface area (Å²) in [6.45, 7) is 12.1. The molecule has 0 aromatic heterocycles. The molecule has 2 saturated heterocycles. The lowest BCUT2D eigenvalue weighted by Gasteiger charge is -2.40. The molecule has 0 spiro atoms. The maximum atomic E-state index is 12.0. The number of nitrogens with zero attached hydrogens (tertiary/aromatic N) is 4. The fourth-order valence-corrected chi connectivity index (χ4v) is 4.69. The molecule has 178 valence electrons. The van der Waals surface area contributed by atoms with Gasteiger partial charge in [-0.15, -0.1) is 0 Å². The quantitative estimate of drug-likeness (QED) is 0.288. The highest BCUT2D eigenvalue weighted by molar-refractivity contribution is 5.80. The number of benzene rings is 1. The molecule has 0 amide bonds. The minimum Gasteiger partial charge on any atom is -0.466 e. The van der Waals surface area contributed by atoms with Crippen LogP contribution in [0.3, 0.4) is 0 Å². The summed E-state index contributed by atoms with van der Waals surface area (Å²) in [7, 11) is 2.21. The zero-order valence-electron chi connectivity index (χ0n) is 20.1. The van der Waals surface area contributed by atoms with E-state index in [0.29, 0.717) is 12.6 Å². The van der Waals surface area contributed by atoms with Crippen molar-refractivity contribution in [2.24, 2.45) is 10.9 Å². The molecule has 32 heavy (non-hydrogen) atoms. The molecule has 2 heterocycles. The van der Waals surface area contributed by atoms with Gasteiger partial charge in [-0.05, 0) is 45.7 Å². The first-order valence-electron chi connectivity index (χ1n) is 12.3. The first-order chi connectivity index (χ1) is 15.6. The monoisotopic (exact) mass is 443 g/mol. The van der Waals surface area contributed by atoms with Gasteiger partial charge in [0, 0.05) is 58.4 Å². The molecular weight excluding hydrogens is 402 g/mol. The largest absolute Gasteiger partial charge is 0.466 e. The number of ether oxygens (including phenoxy) is 1. The number of carbonyl (C=O) groups excluding carboxylic acids is 1. The molecule has 1 N–H and O–H groups in total. The smallest absolute Gasteiger partial charge is 0.309 e. The number of piperazine rings is 1. The van der Waals surface area contributed by atoms with Gasteiger partial charge in [0.05, 0.1) is 12.5 Å². The lowest BCUT2D eigenvalue weighted by atomic mass is 9.97. The molecule has 1 aromatic rings. The Kier molecular flexibility index (Phi) is 9.81. The van der Waals surface area contributed by atoms with Gasteiger partial charge in [0.2, 0.25) is 0 Å². The number of piperidine rings is 1. The van der Waals surface area contributed by atoms with Crippen molar-refractivity contribution in [3.8, 4) is 0 Å². The minimum atomic E-state index is -0.0470. The molecule has 2 aliphatic rings. The van der Waals surface area contributed by atoms with Gasteiger partial charge >= 0.3 is 5.97 Å². The molecule has 2 aliphatic heterocycles. The van der Waals surface area contributed by atoms with Crippen LogP contribution in [0.5, 0.6) is 0 Å². The van der Waals surface area contributed by atoms with Crippen LogP contribution in [0.15, 0.2) is 35.3 Å². The summed E-state index contributed by atoms with van der Waals surface area (Å²) in [4.78, 5) is 24.3. The Morgan fingerprint density at radius 2 is 1.88 bits per heavy atom. The molecule has 1 aromatic carbocycles. The molecule has 7 heteroatoms. The Morgan fingerprint density at radius 3 is 2.56 bits per heavy atom. The van der Waals surface area contributed by atoms with E-state index in [4.69, 9.17) is 9.73 Å². The van der Waals surface area contributed by atoms with E-state index in [1.54, 1.807) is 0 Å². The Bertz CT molecular complexity index is 718. The maximum Gasteiger partial charge on any atom is 0.309 e. The summed E-state index contributed by atoms with van der Waals surface area (Å²) >= 11 is 0. The number of guanidine groups is 1. The van der Waals surface area contributed by atoms with Crippen LogP contribution < -0.4 is 5.32 Å². The summed E-state index contributed by atoms with van der Waals surface area (Å²) in [5.41, 5.74) is 1.40. The van der Waals surface area contributed by atoms with E-state index in [-0.39, 0.29) is 11.9 Å². The van der Waals surface area contributed by atoms with Crippen molar-refractivity contribution < 1.29 is 9.53 Å². The molecule has 0 saturated carbocycles. The zero-order chi connectivity index (χ0) is 22.8. The number of hydrogen-bond acceptors (Lipinski definition) is 5. The van der Waals surface area contributed by atoms with E-state index in [1.165, 1.54) is 5.56 Å². The van der Waals surface area contributed by atoms with Crippen LogP contribution in [0.2, 0.25) is 0 Å². The van der Waals surface area contributed by atoms with Crippen molar-refractivity contribution in [1.82, 2.24) is 20.0 Å². The summed E-state index contributed by atoms with van der Waals surface area (Å²) < 4.78 is 5.20.